The second kappa shape index (κ2) is 4.84. The Morgan fingerprint density at radius 3 is 3.11 bits per heavy atom. The van der Waals surface area contributed by atoms with Crippen molar-refractivity contribution >= 4 is 11.3 Å². The molecule has 0 bridgehead atoms. The summed E-state index contributed by atoms with van der Waals surface area (Å²) in [4.78, 5) is 2.84. The fourth-order valence-corrected chi connectivity index (χ4v) is 3.88. The van der Waals surface area contributed by atoms with E-state index in [1.54, 1.807) is 0 Å². The molecule has 1 unspecified atom stereocenters. The maximum Gasteiger partial charge on any atom is 0.0833 e. The quantitative estimate of drug-likeness (QED) is 0.654. The molecule has 0 saturated carbocycles. The van der Waals surface area contributed by atoms with Crippen LogP contribution in [0.2, 0.25) is 0 Å². The summed E-state index contributed by atoms with van der Waals surface area (Å²) in [7, 11) is 0. The topological polar surface area (TPSA) is 55.9 Å². The van der Waals surface area contributed by atoms with Gasteiger partial charge in [-0.1, -0.05) is 0 Å². The standard InChI is InChI=1S/C13H18N4S/c1-2-17-8-10(7-15-17)13(16-14)12-6-9-4-3-5-11(9)18-12/h6-8,13,16H,2-5,14H2,1H3. The Bertz CT molecular complexity index is 521. The zero-order chi connectivity index (χ0) is 12.5. The molecule has 2 heterocycles. The van der Waals surface area contributed by atoms with Gasteiger partial charge in [-0.3, -0.25) is 10.5 Å². The monoisotopic (exact) mass is 262 g/mol. The fraction of sp³-hybridized carbons (Fsp3) is 0.462. The molecular formula is C13H18N4S. The smallest absolute Gasteiger partial charge is 0.0833 e. The molecule has 0 fully saturated rings. The molecule has 3 N–H and O–H groups in total. The summed E-state index contributed by atoms with van der Waals surface area (Å²) < 4.78 is 1.93. The Morgan fingerprint density at radius 2 is 2.44 bits per heavy atom. The van der Waals surface area contributed by atoms with Crippen molar-refractivity contribution in [2.24, 2.45) is 5.84 Å². The van der Waals surface area contributed by atoms with E-state index < -0.39 is 0 Å². The van der Waals surface area contributed by atoms with Crippen LogP contribution in [-0.2, 0) is 19.4 Å². The molecule has 0 radical (unpaired) electrons. The maximum absolute atomic E-state index is 5.73. The summed E-state index contributed by atoms with van der Waals surface area (Å²) in [5, 5.41) is 4.32. The van der Waals surface area contributed by atoms with Crippen molar-refractivity contribution in [3.8, 4) is 0 Å². The minimum Gasteiger partial charge on any atom is -0.273 e. The molecule has 1 atom stereocenters. The predicted molar refractivity (Wildman–Crippen MR) is 73.4 cm³/mol. The summed E-state index contributed by atoms with van der Waals surface area (Å²) in [6.07, 6.45) is 7.72. The first-order chi connectivity index (χ1) is 8.81. The molecular weight excluding hydrogens is 244 g/mol. The van der Waals surface area contributed by atoms with E-state index in [-0.39, 0.29) is 6.04 Å². The molecule has 2 aromatic rings. The Kier molecular flexibility index (Phi) is 3.20. The third kappa shape index (κ3) is 1.98. The van der Waals surface area contributed by atoms with Crippen LogP contribution in [0, 0.1) is 0 Å². The van der Waals surface area contributed by atoms with E-state index in [1.807, 2.05) is 22.2 Å². The lowest BCUT2D eigenvalue weighted by atomic mass is 10.1. The number of hydrogen-bond donors (Lipinski definition) is 2. The van der Waals surface area contributed by atoms with Crippen molar-refractivity contribution < 1.29 is 0 Å². The van der Waals surface area contributed by atoms with Gasteiger partial charge in [0, 0.05) is 28.1 Å². The lowest BCUT2D eigenvalue weighted by Crippen LogP contribution is -2.28. The van der Waals surface area contributed by atoms with Gasteiger partial charge in [-0.15, -0.1) is 11.3 Å². The van der Waals surface area contributed by atoms with E-state index in [4.69, 9.17) is 5.84 Å². The Hall–Kier alpha value is -1.17. The molecule has 4 nitrogen and oxygen atoms in total. The van der Waals surface area contributed by atoms with Crippen molar-refractivity contribution in [3.63, 3.8) is 0 Å². The van der Waals surface area contributed by atoms with Gasteiger partial charge < -0.3 is 0 Å². The van der Waals surface area contributed by atoms with Crippen LogP contribution in [-0.4, -0.2) is 9.78 Å². The van der Waals surface area contributed by atoms with Crippen LogP contribution in [0.1, 0.15) is 40.3 Å². The van der Waals surface area contributed by atoms with Gasteiger partial charge in [0.25, 0.3) is 0 Å². The van der Waals surface area contributed by atoms with Crippen molar-refractivity contribution in [1.29, 1.82) is 0 Å². The first-order valence-corrected chi connectivity index (χ1v) is 7.23. The summed E-state index contributed by atoms with van der Waals surface area (Å²) in [6.45, 7) is 2.97. The number of aryl methyl sites for hydroxylation is 3. The molecule has 0 aromatic carbocycles. The molecule has 2 aromatic heterocycles. The Balaban J connectivity index is 1.91. The Labute approximate surface area is 111 Å². The van der Waals surface area contributed by atoms with Crippen LogP contribution >= 0.6 is 11.3 Å². The molecule has 1 aliphatic carbocycles. The van der Waals surface area contributed by atoms with Gasteiger partial charge in [0.2, 0.25) is 0 Å². The molecule has 0 spiro atoms. The van der Waals surface area contributed by atoms with Gasteiger partial charge in [-0.05, 0) is 37.8 Å². The summed E-state index contributed by atoms with van der Waals surface area (Å²) in [6, 6.07) is 2.38. The highest BCUT2D eigenvalue weighted by Gasteiger charge is 2.21. The van der Waals surface area contributed by atoms with Crippen LogP contribution in [0.15, 0.2) is 18.5 Å². The molecule has 96 valence electrons. The largest absolute Gasteiger partial charge is 0.273 e. The third-order valence-electron chi connectivity index (χ3n) is 3.53. The minimum absolute atomic E-state index is 0.0703. The van der Waals surface area contributed by atoms with E-state index in [2.05, 4.69) is 29.7 Å². The first kappa shape index (κ1) is 11.9. The fourth-order valence-electron chi connectivity index (χ4n) is 2.54. The maximum atomic E-state index is 5.73. The van der Waals surface area contributed by atoms with Crippen molar-refractivity contribution in [2.45, 2.75) is 38.8 Å². The highest BCUT2D eigenvalue weighted by atomic mass is 32.1. The van der Waals surface area contributed by atoms with Crippen LogP contribution < -0.4 is 11.3 Å². The molecule has 5 heteroatoms. The molecule has 18 heavy (non-hydrogen) atoms. The van der Waals surface area contributed by atoms with Crippen LogP contribution in [0.3, 0.4) is 0 Å². The van der Waals surface area contributed by atoms with Crippen molar-refractivity contribution in [1.82, 2.24) is 15.2 Å². The van der Waals surface area contributed by atoms with Gasteiger partial charge in [0.1, 0.15) is 0 Å². The van der Waals surface area contributed by atoms with E-state index >= 15 is 0 Å². The summed E-state index contributed by atoms with van der Waals surface area (Å²) >= 11 is 1.89. The van der Waals surface area contributed by atoms with Crippen LogP contribution in [0.5, 0.6) is 0 Å². The number of aromatic nitrogens is 2. The van der Waals surface area contributed by atoms with E-state index in [1.165, 1.54) is 34.6 Å². The number of nitrogens with zero attached hydrogens (tertiary/aromatic N) is 2. The number of rotatable bonds is 4. The van der Waals surface area contributed by atoms with E-state index in [0.717, 1.165) is 12.1 Å². The van der Waals surface area contributed by atoms with E-state index in [0.29, 0.717) is 0 Å². The highest BCUT2D eigenvalue weighted by molar-refractivity contribution is 7.12. The molecule has 0 saturated heterocycles. The molecule has 0 amide bonds. The van der Waals surface area contributed by atoms with Gasteiger partial charge >= 0.3 is 0 Å². The lowest BCUT2D eigenvalue weighted by molar-refractivity contribution is 0.637. The van der Waals surface area contributed by atoms with Crippen LogP contribution in [0.4, 0.5) is 0 Å². The number of fused-ring (bicyclic) bond motifs is 1. The first-order valence-electron chi connectivity index (χ1n) is 6.41. The number of hydrogen-bond acceptors (Lipinski definition) is 4. The number of nitrogens with one attached hydrogen (secondary N) is 1. The average Bonchev–Trinajstić information content (AvgIpc) is 3.04. The molecule has 3 rings (SSSR count). The normalized spacial score (nSPS) is 15.9. The zero-order valence-electron chi connectivity index (χ0n) is 10.5. The SMILES string of the molecule is CCn1cc(C(NN)c2cc3c(s2)CCC3)cn1. The van der Waals surface area contributed by atoms with Crippen molar-refractivity contribution in [2.75, 3.05) is 0 Å². The summed E-state index contributed by atoms with van der Waals surface area (Å²) in [5.41, 5.74) is 5.57. The molecule has 0 aliphatic heterocycles. The number of nitrogens with two attached hydrogens (primary N) is 1. The summed E-state index contributed by atoms with van der Waals surface area (Å²) in [5.74, 6) is 5.73. The van der Waals surface area contributed by atoms with E-state index in [9.17, 15) is 0 Å². The second-order valence-electron chi connectivity index (χ2n) is 4.68. The zero-order valence-corrected chi connectivity index (χ0v) is 11.3. The average molecular weight is 262 g/mol. The number of hydrazine groups is 1. The predicted octanol–water partition coefficient (Wildman–Crippen LogP) is 2.01. The highest BCUT2D eigenvalue weighted by Crippen LogP contribution is 2.35. The lowest BCUT2D eigenvalue weighted by Gasteiger charge is -2.12. The third-order valence-corrected chi connectivity index (χ3v) is 4.83. The number of thiophene rings is 1. The minimum atomic E-state index is 0.0703. The molecule has 1 aliphatic rings. The van der Waals surface area contributed by atoms with Crippen LogP contribution in [0.25, 0.3) is 0 Å². The van der Waals surface area contributed by atoms with Crippen molar-refractivity contribution in [3.05, 3.63) is 39.3 Å². The Morgan fingerprint density at radius 1 is 1.56 bits per heavy atom. The second-order valence-corrected chi connectivity index (χ2v) is 5.85. The van der Waals surface area contributed by atoms with Gasteiger partial charge in [0.05, 0.1) is 12.2 Å². The van der Waals surface area contributed by atoms with Gasteiger partial charge in [-0.2, -0.15) is 5.10 Å². The van der Waals surface area contributed by atoms with Gasteiger partial charge in [0.15, 0.2) is 0 Å². The van der Waals surface area contributed by atoms with Gasteiger partial charge in [-0.25, -0.2) is 5.43 Å².